The van der Waals surface area contributed by atoms with Crippen molar-refractivity contribution in [3.8, 4) is 5.75 Å². The molecule has 6 atom stereocenters. The van der Waals surface area contributed by atoms with Gasteiger partial charge in [-0.1, -0.05) is 12.1 Å². The van der Waals surface area contributed by atoms with E-state index in [1.54, 1.807) is 24.4 Å². The van der Waals surface area contributed by atoms with Gasteiger partial charge >= 0.3 is 6.09 Å². The molecular formula is C31H45N5O6S. The van der Waals surface area contributed by atoms with E-state index in [1.807, 2.05) is 51.1 Å². The van der Waals surface area contributed by atoms with E-state index in [0.717, 1.165) is 37.1 Å². The highest BCUT2D eigenvalue weighted by molar-refractivity contribution is 7.86. The number of carbonyl (C=O) groups excluding carboxylic acids is 1. The third kappa shape index (κ3) is 6.52. The lowest BCUT2D eigenvalue weighted by Gasteiger charge is -2.37. The number of ether oxygens (including phenoxy) is 3. The van der Waals surface area contributed by atoms with Crippen LogP contribution in [0.1, 0.15) is 64.3 Å². The molecule has 3 unspecified atom stereocenters. The van der Waals surface area contributed by atoms with Crippen molar-refractivity contribution in [3.05, 3.63) is 54.1 Å². The van der Waals surface area contributed by atoms with Gasteiger partial charge in [-0.15, -0.1) is 0 Å². The highest BCUT2D eigenvalue weighted by Crippen LogP contribution is 2.61. The van der Waals surface area contributed by atoms with Crippen LogP contribution in [0.2, 0.25) is 0 Å². The molecular weight excluding hydrogens is 570 g/mol. The zero-order valence-corrected chi connectivity index (χ0v) is 26.9. The van der Waals surface area contributed by atoms with Gasteiger partial charge in [0.05, 0.1) is 38.0 Å². The molecule has 12 heteroatoms. The Labute approximate surface area is 255 Å². The van der Waals surface area contributed by atoms with Gasteiger partial charge in [-0.05, 0) is 82.6 Å². The van der Waals surface area contributed by atoms with Gasteiger partial charge in [-0.25, -0.2) is 14.8 Å². The average molecular weight is 616 g/mol. The summed E-state index contributed by atoms with van der Waals surface area (Å²) in [5.41, 5.74) is 0.871. The topological polar surface area (TPSA) is 114 Å². The minimum atomic E-state index is -3.86. The summed E-state index contributed by atoms with van der Waals surface area (Å²) in [6.07, 6.45) is 7.12. The lowest BCUT2D eigenvalue weighted by molar-refractivity contribution is -0.0199. The van der Waals surface area contributed by atoms with Crippen molar-refractivity contribution in [3.63, 3.8) is 0 Å². The van der Waals surface area contributed by atoms with Crippen molar-refractivity contribution in [2.75, 3.05) is 27.8 Å². The van der Waals surface area contributed by atoms with Crippen LogP contribution in [0.25, 0.3) is 0 Å². The van der Waals surface area contributed by atoms with Crippen LogP contribution in [-0.2, 0) is 31.6 Å². The Morgan fingerprint density at radius 3 is 2.44 bits per heavy atom. The summed E-state index contributed by atoms with van der Waals surface area (Å²) in [6, 6.07) is 7.96. The first kappa shape index (κ1) is 31.6. The van der Waals surface area contributed by atoms with E-state index in [0.29, 0.717) is 18.1 Å². The minimum Gasteiger partial charge on any atom is -0.497 e. The maximum atomic E-state index is 13.8. The van der Waals surface area contributed by atoms with Gasteiger partial charge in [0.1, 0.15) is 11.6 Å². The second-order valence-corrected chi connectivity index (χ2v) is 14.7. The summed E-state index contributed by atoms with van der Waals surface area (Å²) in [4.78, 5) is 24.2. The fraction of sp³-hybridized carbons (Fsp3) is 0.645. The third-order valence-corrected chi connectivity index (χ3v) is 11.2. The van der Waals surface area contributed by atoms with Gasteiger partial charge in [0.2, 0.25) is 0 Å². The van der Waals surface area contributed by atoms with Crippen molar-refractivity contribution in [2.45, 2.75) is 95.2 Å². The molecule has 0 bridgehead atoms. The normalized spacial score (nSPS) is 28.8. The van der Waals surface area contributed by atoms with E-state index >= 15 is 0 Å². The number of likely N-dealkylation sites (tertiary alicyclic amines) is 1. The molecule has 236 valence electrons. The molecule has 1 saturated heterocycles. The van der Waals surface area contributed by atoms with Gasteiger partial charge < -0.3 is 14.2 Å². The third-order valence-electron chi connectivity index (χ3n) is 9.24. The molecule has 1 amide bonds. The number of hydrogen-bond donors (Lipinski definition) is 0. The van der Waals surface area contributed by atoms with Crippen LogP contribution in [0.4, 0.5) is 4.79 Å². The first-order valence-electron chi connectivity index (χ1n) is 15.2. The number of amides is 1. The Kier molecular flexibility index (Phi) is 9.31. The monoisotopic (exact) mass is 615 g/mol. The molecule has 0 N–H and O–H groups in total. The van der Waals surface area contributed by atoms with E-state index in [-0.39, 0.29) is 36.8 Å². The van der Waals surface area contributed by atoms with Gasteiger partial charge in [0.15, 0.2) is 0 Å². The van der Waals surface area contributed by atoms with Crippen LogP contribution in [0.5, 0.6) is 5.75 Å². The van der Waals surface area contributed by atoms with Gasteiger partial charge in [0.25, 0.3) is 10.2 Å². The van der Waals surface area contributed by atoms with Crippen LogP contribution in [0.15, 0.2) is 42.7 Å². The zero-order chi connectivity index (χ0) is 30.9. The van der Waals surface area contributed by atoms with Crippen LogP contribution in [0.3, 0.4) is 0 Å². The van der Waals surface area contributed by atoms with E-state index < -0.39 is 28.4 Å². The Morgan fingerprint density at radius 2 is 1.84 bits per heavy atom. The predicted molar refractivity (Wildman–Crippen MR) is 162 cm³/mol. The Bertz CT molecular complexity index is 1360. The number of rotatable bonds is 11. The predicted octanol–water partition coefficient (Wildman–Crippen LogP) is 4.00. The molecule has 0 radical (unpaired) electrons. The fourth-order valence-corrected chi connectivity index (χ4v) is 8.18. The van der Waals surface area contributed by atoms with Gasteiger partial charge in [0, 0.05) is 44.5 Å². The minimum absolute atomic E-state index is 0.0179. The molecule has 2 heterocycles. The maximum Gasteiger partial charge on any atom is 0.410 e. The molecule has 11 nitrogen and oxygen atoms in total. The van der Waals surface area contributed by atoms with Gasteiger partial charge in [-0.2, -0.15) is 17.0 Å². The average Bonchev–Trinajstić information content (AvgIpc) is 3.63. The molecule has 1 aromatic carbocycles. The largest absolute Gasteiger partial charge is 0.497 e. The molecule has 0 spiro atoms. The number of fused-ring (bicyclic) bond motifs is 1. The van der Waals surface area contributed by atoms with Crippen LogP contribution in [-0.4, -0.2) is 96.1 Å². The molecule has 1 aliphatic heterocycles. The molecule has 3 aliphatic rings. The Morgan fingerprint density at radius 1 is 1.14 bits per heavy atom. The molecule has 1 aromatic heterocycles. The number of nitrogens with zero attached hydrogens (tertiary/aromatic N) is 5. The fourth-order valence-electron chi connectivity index (χ4n) is 6.88. The van der Waals surface area contributed by atoms with Crippen molar-refractivity contribution in [2.24, 2.45) is 5.92 Å². The smallest absolute Gasteiger partial charge is 0.410 e. The van der Waals surface area contributed by atoms with E-state index in [2.05, 4.69) is 9.97 Å². The van der Waals surface area contributed by atoms with Gasteiger partial charge in [-0.3, -0.25) is 4.90 Å². The quantitative estimate of drug-likeness (QED) is 0.373. The Balaban J connectivity index is 1.38. The molecule has 2 aliphatic carbocycles. The first-order valence-corrected chi connectivity index (χ1v) is 16.6. The summed E-state index contributed by atoms with van der Waals surface area (Å²) >= 11 is 0. The van der Waals surface area contributed by atoms with E-state index in [4.69, 9.17) is 14.2 Å². The van der Waals surface area contributed by atoms with Crippen LogP contribution >= 0.6 is 0 Å². The van der Waals surface area contributed by atoms with Crippen molar-refractivity contribution in [1.82, 2.24) is 23.5 Å². The zero-order valence-electron chi connectivity index (χ0n) is 26.0. The highest BCUT2D eigenvalue weighted by atomic mass is 32.2. The van der Waals surface area contributed by atoms with Crippen LogP contribution in [0, 0.1) is 5.92 Å². The number of aromatic nitrogens is 2. The molecule has 2 aromatic rings. The molecule has 2 saturated carbocycles. The lowest BCUT2D eigenvalue weighted by Crippen LogP contribution is -2.54. The van der Waals surface area contributed by atoms with Crippen molar-refractivity contribution >= 4 is 16.3 Å². The van der Waals surface area contributed by atoms with Crippen molar-refractivity contribution in [1.29, 1.82) is 0 Å². The summed E-state index contributed by atoms with van der Waals surface area (Å²) in [5, 5.41) is 0. The molecule has 5 rings (SSSR count). The van der Waals surface area contributed by atoms with Crippen molar-refractivity contribution < 1.29 is 27.4 Å². The van der Waals surface area contributed by atoms with E-state index in [9.17, 15) is 13.2 Å². The second-order valence-electron chi connectivity index (χ2n) is 12.6. The standard InChI is InChI=1S/C31H45N5O6S/c1-21(2)42-30(37)36-22(3)16-27(35(43(38,39)34(4)5)19-23-8-10-25(40-6)11-9-23)28(36)20-41-26-12-13-31(18-24(31)17-26)29-32-14-7-15-33-29/h7-11,14-15,21-22,24,26-28H,12-13,16-20H2,1-6H3/t22-,24?,26?,27+,28+,31?/m1/s1. The lowest BCUT2D eigenvalue weighted by atomic mass is 9.86. The second kappa shape index (κ2) is 12.7. The molecule has 3 fully saturated rings. The summed E-state index contributed by atoms with van der Waals surface area (Å²) in [5.74, 6) is 2.09. The first-order chi connectivity index (χ1) is 20.5. The maximum absolute atomic E-state index is 13.8. The summed E-state index contributed by atoms with van der Waals surface area (Å²) in [7, 11) is 0.800. The number of benzene rings is 1. The number of methoxy groups -OCH3 is 1. The van der Waals surface area contributed by atoms with E-state index in [1.165, 1.54) is 22.7 Å². The Hall–Kier alpha value is -2.80. The van der Waals surface area contributed by atoms with Crippen LogP contribution < -0.4 is 4.74 Å². The summed E-state index contributed by atoms with van der Waals surface area (Å²) in [6.45, 7) is 5.94. The highest BCUT2D eigenvalue weighted by Gasteiger charge is 2.60. The summed E-state index contributed by atoms with van der Waals surface area (Å²) < 4.78 is 47.9. The number of hydrogen-bond acceptors (Lipinski definition) is 8. The number of carbonyl (C=O) groups is 1. The SMILES string of the molecule is COc1ccc(CN([C@H]2C[C@@H](C)N(C(=O)OC(C)C)[C@H]2COC2CCC3(c4ncccn4)CC3C2)S(=O)(=O)N(C)C)cc1. The molecule has 43 heavy (non-hydrogen) atoms.